The number of rotatable bonds is 5. The Hall–Kier alpha value is -4.47. The van der Waals surface area contributed by atoms with Gasteiger partial charge in [-0.1, -0.05) is 47.6 Å². The molecule has 1 saturated heterocycles. The number of nitrogens with one attached hydrogen (secondary N) is 1. The van der Waals surface area contributed by atoms with Crippen molar-refractivity contribution in [2.24, 2.45) is 5.92 Å². The fraction of sp³-hybridized carbons (Fsp3) is 0.154. The molecule has 7 nitrogen and oxygen atoms in total. The first-order valence-electron chi connectivity index (χ1n) is 11.1. The molecule has 2 amide bonds. The van der Waals surface area contributed by atoms with Crippen LogP contribution in [0.1, 0.15) is 12.0 Å². The van der Waals surface area contributed by atoms with Crippen LogP contribution in [-0.2, 0) is 15.8 Å². The van der Waals surface area contributed by atoms with Crippen LogP contribution in [0.2, 0.25) is 0 Å². The second-order valence-electron chi connectivity index (χ2n) is 8.31. The van der Waals surface area contributed by atoms with Crippen LogP contribution in [0, 0.1) is 5.92 Å². The first-order valence-corrected chi connectivity index (χ1v) is 11.1. The molecule has 5 rings (SSSR count). The van der Waals surface area contributed by atoms with Crippen LogP contribution in [0.15, 0.2) is 83.4 Å². The van der Waals surface area contributed by atoms with E-state index in [2.05, 4.69) is 15.5 Å². The monoisotopic (exact) mass is 492 g/mol. The molecule has 182 valence electrons. The number of carbonyl (C=O) groups is 2. The molecule has 1 aliphatic heterocycles. The topological polar surface area (TPSA) is 88.3 Å². The van der Waals surface area contributed by atoms with Gasteiger partial charge in [0.2, 0.25) is 17.6 Å². The van der Waals surface area contributed by atoms with Crippen molar-refractivity contribution in [1.29, 1.82) is 0 Å². The Labute approximate surface area is 203 Å². The number of hydrogen-bond acceptors (Lipinski definition) is 5. The average Bonchev–Trinajstić information content (AvgIpc) is 3.52. The number of carbonyl (C=O) groups excluding carboxylic acids is 2. The third-order valence-corrected chi connectivity index (χ3v) is 5.82. The van der Waals surface area contributed by atoms with Crippen LogP contribution in [0.3, 0.4) is 0 Å². The Balaban J connectivity index is 1.28. The van der Waals surface area contributed by atoms with E-state index in [1.807, 2.05) is 30.3 Å². The Morgan fingerprint density at radius 1 is 0.972 bits per heavy atom. The number of hydrogen-bond donors (Lipinski definition) is 1. The van der Waals surface area contributed by atoms with Gasteiger partial charge in [0.05, 0.1) is 11.5 Å². The van der Waals surface area contributed by atoms with Crippen molar-refractivity contribution >= 4 is 23.2 Å². The van der Waals surface area contributed by atoms with Gasteiger partial charge in [-0.2, -0.15) is 18.2 Å². The molecule has 2 heterocycles. The van der Waals surface area contributed by atoms with Crippen LogP contribution in [0.5, 0.6) is 0 Å². The minimum Gasteiger partial charge on any atom is -0.334 e. The molecule has 1 aromatic heterocycles. The summed E-state index contributed by atoms with van der Waals surface area (Å²) in [5.41, 5.74) is 1.11. The zero-order valence-electron chi connectivity index (χ0n) is 18.7. The maximum atomic E-state index is 13.1. The van der Waals surface area contributed by atoms with E-state index >= 15 is 0 Å². The molecular weight excluding hydrogens is 473 g/mol. The largest absolute Gasteiger partial charge is 0.416 e. The first kappa shape index (κ1) is 23.3. The zero-order valence-corrected chi connectivity index (χ0v) is 18.7. The van der Waals surface area contributed by atoms with Gasteiger partial charge in [0.1, 0.15) is 0 Å². The highest BCUT2D eigenvalue weighted by molar-refractivity contribution is 6.03. The lowest BCUT2D eigenvalue weighted by Crippen LogP contribution is -2.28. The Morgan fingerprint density at radius 3 is 2.50 bits per heavy atom. The number of aromatic nitrogens is 2. The van der Waals surface area contributed by atoms with Gasteiger partial charge >= 0.3 is 6.18 Å². The normalized spacial score (nSPS) is 15.8. The third-order valence-electron chi connectivity index (χ3n) is 5.82. The second-order valence-corrected chi connectivity index (χ2v) is 8.31. The van der Waals surface area contributed by atoms with Gasteiger partial charge in [0.15, 0.2) is 0 Å². The van der Waals surface area contributed by atoms with Crippen molar-refractivity contribution in [3.63, 3.8) is 0 Å². The number of benzene rings is 3. The van der Waals surface area contributed by atoms with Gasteiger partial charge in [-0.05, 0) is 36.4 Å². The predicted octanol–water partition coefficient (Wildman–Crippen LogP) is 5.41. The first-order chi connectivity index (χ1) is 17.3. The van der Waals surface area contributed by atoms with Crippen molar-refractivity contribution in [3.8, 4) is 22.8 Å². The van der Waals surface area contributed by atoms with E-state index in [4.69, 9.17) is 4.52 Å². The van der Waals surface area contributed by atoms with Crippen molar-refractivity contribution in [2.75, 3.05) is 16.8 Å². The molecule has 3 aromatic carbocycles. The summed E-state index contributed by atoms with van der Waals surface area (Å²) in [5.74, 6) is -0.840. The highest BCUT2D eigenvalue weighted by Gasteiger charge is 2.37. The van der Waals surface area contributed by atoms with Crippen LogP contribution in [-0.4, -0.2) is 28.5 Å². The Morgan fingerprint density at radius 2 is 1.72 bits per heavy atom. The molecule has 1 unspecified atom stereocenters. The van der Waals surface area contributed by atoms with Gasteiger partial charge in [-0.3, -0.25) is 9.59 Å². The highest BCUT2D eigenvalue weighted by atomic mass is 19.4. The predicted molar refractivity (Wildman–Crippen MR) is 126 cm³/mol. The van der Waals surface area contributed by atoms with E-state index in [-0.39, 0.29) is 24.5 Å². The molecule has 1 atom stereocenters. The zero-order chi connectivity index (χ0) is 25.3. The molecule has 10 heteroatoms. The summed E-state index contributed by atoms with van der Waals surface area (Å²) in [4.78, 5) is 31.0. The fourth-order valence-electron chi connectivity index (χ4n) is 4.00. The fourth-order valence-corrected chi connectivity index (χ4v) is 4.00. The summed E-state index contributed by atoms with van der Waals surface area (Å²) in [5, 5.41) is 6.77. The Kier molecular flexibility index (Phi) is 6.01. The quantitative estimate of drug-likeness (QED) is 0.402. The lowest BCUT2D eigenvalue weighted by molar-refractivity contribution is -0.137. The molecule has 0 radical (unpaired) electrons. The van der Waals surface area contributed by atoms with Crippen LogP contribution in [0.25, 0.3) is 22.8 Å². The average molecular weight is 492 g/mol. The van der Waals surface area contributed by atoms with Crippen LogP contribution < -0.4 is 10.2 Å². The summed E-state index contributed by atoms with van der Waals surface area (Å²) in [7, 11) is 0. The lowest BCUT2D eigenvalue weighted by Gasteiger charge is -2.18. The summed E-state index contributed by atoms with van der Waals surface area (Å²) < 4.78 is 44.5. The van der Waals surface area contributed by atoms with Gasteiger partial charge in [0, 0.05) is 35.5 Å². The van der Waals surface area contributed by atoms with Crippen molar-refractivity contribution in [2.45, 2.75) is 12.6 Å². The van der Waals surface area contributed by atoms with E-state index in [1.54, 1.807) is 24.3 Å². The number of anilines is 2. The third kappa shape index (κ3) is 4.83. The van der Waals surface area contributed by atoms with E-state index in [0.717, 1.165) is 17.7 Å². The van der Waals surface area contributed by atoms with Gasteiger partial charge in [-0.15, -0.1) is 0 Å². The number of amides is 2. The number of nitrogens with zero attached hydrogens (tertiary/aromatic N) is 3. The molecule has 0 spiro atoms. The summed E-state index contributed by atoms with van der Waals surface area (Å²) >= 11 is 0. The molecule has 1 fully saturated rings. The minimum atomic E-state index is -4.53. The second kappa shape index (κ2) is 9.29. The standard InChI is InChI=1S/C26H19F3N4O3/c27-26(28,29)19-9-5-11-21(14-19)33-15-18(13-22(33)34)24(35)30-20-10-4-8-17(12-20)25-31-23(32-36-25)16-6-2-1-3-7-16/h1-12,14,18H,13,15H2,(H,30,35). The lowest BCUT2D eigenvalue weighted by atomic mass is 10.1. The number of alkyl halides is 3. The summed E-state index contributed by atoms with van der Waals surface area (Å²) in [6.07, 6.45) is -4.63. The van der Waals surface area contributed by atoms with Crippen molar-refractivity contribution in [1.82, 2.24) is 10.1 Å². The van der Waals surface area contributed by atoms with E-state index in [0.29, 0.717) is 17.1 Å². The minimum absolute atomic E-state index is 0.0181. The summed E-state index contributed by atoms with van der Waals surface area (Å²) in [6.45, 7) is -0.0181. The number of halogens is 3. The van der Waals surface area contributed by atoms with E-state index in [9.17, 15) is 22.8 Å². The van der Waals surface area contributed by atoms with E-state index in [1.165, 1.54) is 17.0 Å². The smallest absolute Gasteiger partial charge is 0.334 e. The van der Waals surface area contributed by atoms with Crippen LogP contribution in [0.4, 0.5) is 24.5 Å². The molecule has 0 saturated carbocycles. The maximum Gasteiger partial charge on any atom is 0.416 e. The summed E-state index contributed by atoms with van der Waals surface area (Å²) in [6, 6.07) is 20.7. The molecule has 36 heavy (non-hydrogen) atoms. The van der Waals surface area contributed by atoms with Gasteiger partial charge < -0.3 is 14.7 Å². The van der Waals surface area contributed by atoms with Gasteiger partial charge in [0.25, 0.3) is 5.89 Å². The highest BCUT2D eigenvalue weighted by Crippen LogP contribution is 2.34. The molecule has 1 aliphatic rings. The molecule has 4 aromatic rings. The van der Waals surface area contributed by atoms with Gasteiger partial charge in [-0.25, -0.2) is 0 Å². The molecule has 1 N–H and O–H groups in total. The maximum absolute atomic E-state index is 13.1. The molecular formula is C26H19F3N4O3. The molecule has 0 bridgehead atoms. The van der Waals surface area contributed by atoms with Crippen LogP contribution >= 0.6 is 0 Å². The van der Waals surface area contributed by atoms with E-state index < -0.39 is 29.5 Å². The SMILES string of the molecule is O=C(Nc1cccc(-c2nc(-c3ccccc3)no2)c1)C1CC(=O)N(c2cccc(C(F)(F)F)c2)C1. The molecule has 0 aliphatic carbocycles. The van der Waals surface area contributed by atoms with Crippen molar-refractivity contribution in [3.05, 3.63) is 84.4 Å². The Bertz CT molecular complexity index is 1420. The van der Waals surface area contributed by atoms with Crippen molar-refractivity contribution < 1.29 is 27.3 Å².